The topological polar surface area (TPSA) is 57.2 Å². The summed E-state index contributed by atoms with van der Waals surface area (Å²) in [6, 6.07) is 8.46. The fourth-order valence-electron chi connectivity index (χ4n) is 4.55. The number of nitrogens with zero attached hydrogens (tertiary/aromatic N) is 4. The van der Waals surface area contributed by atoms with E-state index in [2.05, 4.69) is 51.1 Å². The Bertz CT molecular complexity index is 887. The molecule has 0 saturated carbocycles. The average Bonchev–Trinajstić information content (AvgIpc) is 2.97. The van der Waals surface area contributed by atoms with E-state index >= 15 is 0 Å². The number of aromatic nitrogens is 3. The van der Waals surface area contributed by atoms with E-state index in [9.17, 15) is 4.79 Å². The predicted octanol–water partition coefficient (Wildman–Crippen LogP) is 4.24. The van der Waals surface area contributed by atoms with Crippen LogP contribution in [0.4, 0.5) is 0 Å². The second kappa shape index (κ2) is 9.88. The zero-order chi connectivity index (χ0) is 20.9. The van der Waals surface area contributed by atoms with Gasteiger partial charge in [-0.1, -0.05) is 44.0 Å². The van der Waals surface area contributed by atoms with Crippen molar-refractivity contribution in [2.24, 2.45) is 5.92 Å². The Hall–Kier alpha value is -1.99. The maximum atomic E-state index is 12.9. The Kier molecular flexibility index (Phi) is 7.00. The molecule has 7 heteroatoms. The summed E-state index contributed by atoms with van der Waals surface area (Å²) in [5, 5.41) is 3.36. The first kappa shape index (κ1) is 21.2. The third-order valence-electron chi connectivity index (χ3n) is 6.51. The number of nitrogens with one attached hydrogen (secondary N) is 1. The van der Waals surface area contributed by atoms with Crippen LogP contribution in [0.5, 0.6) is 0 Å². The van der Waals surface area contributed by atoms with E-state index in [1.165, 1.54) is 18.4 Å². The zero-order valence-corrected chi connectivity index (χ0v) is 18.8. The lowest BCUT2D eigenvalue weighted by molar-refractivity contribution is -0.137. The highest BCUT2D eigenvalue weighted by molar-refractivity contribution is 7.71. The minimum atomic E-state index is 0.182. The molecule has 1 amide bonds. The van der Waals surface area contributed by atoms with Gasteiger partial charge >= 0.3 is 0 Å². The molecule has 1 N–H and O–H groups in total. The molecule has 0 radical (unpaired) electrons. The molecule has 162 valence electrons. The van der Waals surface area contributed by atoms with E-state index in [0.717, 1.165) is 69.7 Å². The number of benzene rings is 1. The van der Waals surface area contributed by atoms with E-state index in [1.54, 1.807) is 0 Å². The standard InChI is InChI=1S/C23H33N5OS/c1-2-18-7-9-19(10-8-18)21-24-23(30)28(25-21)17-26-15-11-20(12-16-26)22(29)27-13-5-3-4-6-14-27/h7-10,20H,2-6,11-17H2,1H3,(H,24,25,30). The van der Waals surface area contributed by atoms with E-state index < -0.39 is 0 Å². The van der Waals surface area contributed by atoms with Crippen molar-refractivity contribution < 1.29 is 4.79 Å². The van der Waals surface area contributed by atoms with Gasteiger partial charge in [-0.25, -0.2) is 4.68 Å². The number of aromatic amines is 1. The summed E-state index contributed by atoms with van der Waals surface area (Å²) >= 11 is 5.49. The Balaban J connectivity index is 1.33. The first-order valence-corrected chi connectivity index (χ1v) is 11.8. The van der Waals surface area contributed by atoms with Crippen molar-refractivity contribution in [2.45, 2.75) is 58.5 Å². The molecule has 0 spiro atoms. The van der Waals surface area contributed by atoms with Gasteiger partial charge in [0.1, 0.15) is 0 Å². The van der Waals surface area contributed by atoms with Gasteiger partial charge in [0.15, 0.2) is 5.82 Å². The van der Waals surface area contributed by atoms with Crippen molar-refractivity contribution >= 4 is 18.1 Å². The van der Waals surface area contributed by atoms with E-state index in [1.807, 2.05) is 4.68 Å². The maximum Gasteiger partial charge on any atom is 0.225 e. The number of hydrogen-bond donors (Lipinski definition) is 1. The molecule has 0 bridgehead atoms. The monoisotopic (exact) mass is 427 g/mol. The van der Waals surface area contributed by atoms with Gasteiger partial charge in [-0.2, -0.15) is 4.98 Å². The number of carbonyl (C=O) groups excluding carboxylic acids is 1. The van der Waals surface area contributed by atoms with E-state index in [-0.39, 0.29) is 5.92 Å². The minimum Gasteiger partial charge on any atom is -0.342 e. The second-order valence-corrected chi connectivity index (χ2v) is 8.97. The van der Waals surface area contributed by atoms with Gasteiger partial charge in [0, 0.05) is 37.7 Å². The van der Waals surface area contributed by atoms with E-state index in [0.29, 0.717) is 17.3 Å². The predicted molar refractivity (Wildman–Crippen MR) is 122 cm³/mol. The summed E-state index contributed by atoms with van der Waals surface area (Å²) < 4.78 is 2.52. The minimum absolute atomic E-state index is 0.182. The van der Waals surface area contributed by atoms with Crippen LogP contribution in [0.1, 0.15) is 51.0 Å². The Morgan fingerprint density at radius 3 is 2.37 bits per heavy atom. The van der Waals surface area contributed by atoms with Gasteiger partial charge < -0.3 is 4.90 Å². The van der Waals surface area contributed by atoms with Crippen LogP contribution >= 0.6 is 12.2 Å². The third kappa shape index (κ3) is 5.01. The van der Waals surface area contributed by atoms with Crippen molar-refractivity contribution in [3.05, 3.63) is 34.6 Å². The van der Waals surface area contributed by atoms with Crippen molar-refractivity contribution in [3.63, 3.8) is 0 Å². The molecule has 2 aromatic rings. The Morgan fingerprint density at radius 1 is 1.07 bits per heavy atom. The molecule has 0 atom stereocenters. The molecule has 2 fully saturated rings. The van der Waals surface area contributed by atoms with Crippen molar-refractivity contribution in [1.29, 1.82) is 0 Å². The lowest BCUT2D eigenvalue weighted by Gasteiger charge is -2.33. The van der Waals surface area contributed by atoms with Crippen molar-refractivity contribution in [2.75, 3.05) is 26.2 Å². The van der Waals surface area contributed by atoms with Crippen molar-refractivity contribution in [3.8, 4) is 11.4 Å². The SMILES string of the molecule is CCc1ccc(-c2nc(=S)n(CN3CCC(C(=O)N4CCCCCC4)CC3)[nH]2)cc1. The quantitative estimate of drug-likeness (QED) is 0.725. The van der Waals surface area contributed by atoms with Gasteiger partial charge in [-0.05, 0) is 49.9 Å². The number of H-pyrrole nitrogens is 1. The van der Waals surface area contributed by atoms with Crippen LogP contribution in [0.25, 0.3) is 11.4 Å². The highest BCUT2D eigenvalue weighted by Crippen LogP contribution is 2.22. The molecule has 1 aromatic carbocycles. The molecular weight excluding hydrogens is 394 g/mol. The molecular formula is C23H33N5OS. The number of carbonyl (C=O) groups is 1. The molecule has 4 rings (SSSR count). The maximum absolute atomic E-state index is 12.9. The number of rotatable bonds is 5. The van der Waals surface area contributed by atoms with Crippen LogP contribution in [-0.4, -0.2) is 56.7 Å². The number of amides is 1. The lowest BCUT2D eigenvalue weighted by atomic mass is 9.95. The van der Waals surface area contributed by atoms with Crippen LogP contribution in [0, 0.1) is 10.7 Å². The highest BCUT2D eigenvalue weighted by atomic mass is 32.1. The summed E-state index contributed by atoms with van der Waals surface area (Å²) in [5.41, 5.74) is 2.37. The van der Waals surface area contributed by atoms with Crippen LogP contribution in [0.15, 0.2) is 24.3 Å². The summed E-state index contributed by atoms with van der Waals surface area (Å²) in [6.07, 6.45) is 7.74. The molecule has 30 heavy (non-hydrogen) atoms. The van der Waals surface area contributed by atoms with Crippen LogP contribution in [0.2, 0.25) is 0 Å². The number of hydrogen-bond acceptors (Lipinski definition) is 4. The Morgan fingerprint density at radius 2 is 1.73 bits per heavy atom. The fraction of sp³-hybridized carbons (Fsp3) is 0.609. The second-order valence-electron chi connectivity index (χ2n) is 8.61. The summed E-state index contributed by atoms with van der Waals surface area (Å²) in [5.74, 6) is 1.38. The molecule has 2 saturated heterocycles. The van der Waals surface area contributed by atoms with E-state index in [4.69, 9.17) is 12.2 Å². The number of aryl methyl sites for hydroxylation is 1. The van der Waals surface area contributed by atoms with Gasteiger partial charge in [0.2, 0.25) is 10.7 Å². The van der Waals surface area contributed by atoms with Gasteiger partial charge in [-0.3, -0.25) is 14.8 Å². The Labute approximate surface area is 184 Å². The van der Waals surface area contributed by atoms with Crippen LogP contribution < -0.4 is 0 Å². The number of piperidine rings is 1. The van der Waals surface area contributed by atoms with Gasteiger partial charge in [-0.15, -0.1) is 0 Å². The molecule has 1 aromatic heterocycles. The zero-order valence-electron chi connectivity index (χ0n) is 18.0. The molecule has 0 aliphatic carbocycles. The smallest absolute Gasteiger partial charge is 0.225 e. The summed E-state index contributed by atoms with van der Waals surface area (Å²) in [4.78, 5) is 21.9. The van der Waals surface area contributed by atoms with Gasteiger partial charge in [0.25, 0.3) is 0 Å². The lowest BCUT2D eigenvalue weighted by Crippen LogP contribution is -2.43. The normalized spacial score (nSPS) is 19.0. The fourth-order valence-corrected chi connectivity index (χ4v) is 4.75. The van der Waals surface area contributed by atoms with Crippen LogP contribution in [-0.2, 0) is 17.9 Å². The molecule has 2 aliphatic heterocycles. The van der Waals surface area contributed by atoms with Gasteiger partial charge in [0.05, 0.1) is 6.67 Å². The highest BCUT2D eigenvalue weighted by Gasteiger charge is 2.29. The number of likely N-dealkylation sites (tertiary alicyclic amines) is 2. The molecule has 6 nitrogen and oxygen atoms in total. The largest absolute Gasteiger partial charge is 0.342 e. The summed E-state index contributed by atoms with van der Waals surface area (Å²) in [6.45, 7) is 6.59. The average molecular weight is 428 g/mol. The third-order valence-corrected chi connectivity index (χ3v) is 6.82. The summed E-state index contributed by atoms with van der Waals surface area (Å²) in [7, 11) is 0. The molecule has 3 heterocycles. The molecule has 0 unspecified atom stereocenters. The van der Waals surface area contributed by atoms with Crippen LogP contribution in [0.3, 0.4) is 0 Å². The first-order valence-electron chi connectivity index (χ1n) is 11.4. The molecule has 2 aliphatic rings. The first-order chi connectivity index (χ1) is 14.6. The van der Waals surface area contributed by atoms with Crippen molar-refractivity contribution in [1.82, 2.24) is 24.6 Å².